The molecule has 1 amide bonds. The fourth-order valence-electron chi connectivity index (χ4n) is 1.33. The quantitative estimate of drug-likeness (QED) is 0.735. The minimum atomic E-state index is -0.582. The van der Waals surface area contributed by atoms with Gasteiger partial charge in [0.05, 0.1) is 18.8 Å². The van der Waals surface area contributed by atoms with Crippen molar-refractivity contribution in [3.8, 4) is 11.5 Å². The summed E-state index contributed by atoms with van der Waals surface area (Å²) in [6.07, 6.45) is 0. The number of carbonyl (C=O) groups is 1. The van der Waals surface area contributed by atoms with Gasteiger partial charge >= 0.3 is 0 Å². The second-order valence-electron chi connectivity index (χ2n) is 3.12. The summed E-state index contributed by atoms with van der Waals surface area (Å²) in [5, 5.41) is 0. The van der Waals surface area contributed by atoms with Gasteiger partial charge in [0.25, 0.3) is 5.91 Å². The van der Waals surface area contributed by atoms with E-state index >= 15 is 0 Å². The number of carbonyl (C=O) groups excluding carboxylic acids is 1. The number of ether oxygens (including phenoxy) is 2. The van der Waals surface area contributed by atoms with Crippen LogP contribution < -0.4 is 20.9 Å². The highest BCUT2D eigenvalue weighted by Crippen LogP contribution is 2.32. The average molecular weight is 224 g/mol. The lowest BCUT2D eigenvalue weighted by Gasteiger charge is -2.13. The predicted molar refractivity (Wildman–Crippen MR) is 61.7 cm³/mol. The largest absolute Gasteiger partial charge is 0.490 e. The molecule has 0 radical (unpaired) electrons. The second kappa shape index (κ2) is 5.25. The van der Waals surface area contributed by atoms with E-state index < -0.39 is 5.91 Å². The third-order valence-electron chi connectivity index (χ3n) is 1.98. The molecule has 16 heavy (non-hydrogen) atoms. The molecule has 0 aromatic heterocycles. The Balaban J connectivity index is 3.19. The van der Waals surface area contributed by atoms with Gasteiger partial charge in [-0.15, -0.1) is 0 Å². The summed E-state index contributed by atoms with van der Waals surface area (Å²) in [4.78, 5) is 11.1. The number of hydrogen-bond donors (Lipinski definition) is 2. The van der Waals surface area contributed by atoms with Gasteiger partial charge in [-0.3, -0.25) is 4.79 Å². The van der Waals surface area contributed by atoms with E-state index in [0.29, 0.717) is 30.4 Å². The van der Waals surface area contributed by atoms with Crippen LogP contribution in [0.4, 0.5) is 5.69 Å². The summed E-state index contributed by atoms with van der Waals surface area (Å²) in [6.45, 7) is 4.67. The molecule has 0 unspecified atom stereocenters. The van der Waals surface area contributed by atoms with Crippen LogP contribution in [0.2, 0.25) is 0 Å². The molecule has 0 atom stereocenters. The van der Waals surface area contributed by atoms with E-state index in [0.717, 1.165) is 0 Å². The van der Waals surface area contributed by atoms with Crippen LogP contribution in [0.5, 0.6) is 11.5 Å². The topological polar surface area (TPSA) is 87.6 Å². The number of benzene rings is 1. The van der Waals surface area contributed by atoms with Crippen molar-refractivity contribution < 1.29 is 14.3 Å². The minimum Gasteiger partial charge on any atom is -0.490 e. The van der Waals surface area contributed by atoms with Gasteiger partial charge in [-0.05, 0) is 19.9 Å². The van der Waals surface area contributed by atoms with Gasteiger partial charge in [-0.25, -0.2) is 0 Å². The van der Waals surface area contributed by atoms with E-state index in [4.69, 9.17) is 20.9 Å². The van der Waals surface area contributed by atoms with Gasteiger partial charge in [-0.1, -0.05) is 0 Å². The van der Waals surface area contributed by atoms with Crippen LogP contribution in [0.1, 0.15) is 24.2 Å². The lowest BCUT2D eigenvalue weighted by molar-refractivity contribution is 0.100. The third kappa shape index (κ3) is 2.56. The molecule has 1 aromatic rings. The van der Waals surface area contributed by atoms with Gasteiger partial charge in [0.15, 0.2) is 11.5 Å². The molecule has 88 valence electrons. The number of nitrogens with two attached hydrogens (primary N) is 2. The fourth-order valence-corrected chi connectivity index (χ4v) is 1.33. The monoisotopic (exact) mass is 224 g/mol. The Labute approximate surface area is 94.3 Å². The molecule has 1 aromatic carbocycles. The molecule has 5 nitrogen and oxygen atoms in total. The molecule has 0 heterocycles. The zero-order valence-electron chi connectivity index (χ0n) is 9.45. The van der Waals surface area contributed by atoms with Crippen molar-refractivity contribution in [2.45, 2.75) is 13.8 Å². The SMILES string of the molecule is CCOc1cc(N)c(C(N)=O)cc1OCC. The van der Waals surface area contributed by atoms with Crippen LogP contribution >= 0.6 is 0 Å². The smallest absolute Gasteiger partial charge is 0.250 e. The highest BCUT2D eigenvalue weighted by atomic mass is 16.5. The molecule has 0 aliphatic rings. The fraction of sp³-hybridized carbons (Fsp3) is 0.364. The lowest BCUT2D eigenvalue weighted by atomic mass is 10.1. The summed E-state index contributed by atoms with van der Waals surface area (Å²) in [7, 11) is 0. The summed E-state index contributed by atoms with van der Waals surface area (Å²) in [5.41, 5.74) is 11.4. The Bertz CT molecular complexity index is 391. The number of amides is 1. The van der Waals surface area contributed by atoms with Crippen LogP contribution in [0.25, 0.3) is 0 Å². The van der Waals surface area contributed by atoms with Gasteiger partial charge < -0.3 is 20.9 Å². The molecule has 1 rings (SSSR count). The normalized spacial score (nSPS) is 9.88. The van der Waals surface area contributed by atoms with Crippen LogP contribution in [-0.2, 0) is 0 Å². The van der Waals surface area contributed by atoms with Gasteiger partial charge in [-0.2, -0.15) is 0 Å². The number of hydrogen-bond acceptors (Lipinski definition) is 4. The molecule has 0 saturated heterocycles. The first-order valence-corrected chi connectivity index (χ1v) is 5.09. The maximum Gasteiger partial charge on any atom is 0.250 e. The van der Waals surface area contributed by atoms with Crippen LogP contribution in [0.15, 0.2) is 12.1 Å². The molecule has 0 saturated carbocycles. The Hall–Kier alpha value is -1.91. The molecule has 4 N–H and O–H groups in total. The summed E-state index contributed by atoms with van der Waals surface area (Å²) in [5.74, 6) is 0.417. The van der Waals surface area contributed by atoms with E-state index in [1.807, 2.05) is 13.8 Å². The Morgan fingerprint density at radius 1 is 1.19 bits per heavy atom. The predicted octanol–water partition coefficient (Wildman–Crippen LogP) is 1.17. The van der Waals surface area contributed by atoms with E-state index in [1.165, 1.54) is 6.07 Å². The molecule has 0 bridgehead atoms. The summed E-state index contributed by atoms with van der Waals surface area (Å²) in [6, 6.07) is 3.06. The molecule has 0 aliphatic carbocycles. The number of primary amides is 1. The van der Waals surface area contributed by atoms with Crippen molar-refractivity contribution in [3.05, 3.63) is 17.7 Å². The van der Waals surface area contributed by atoms with Crippen LogP contribution in [-0.4, -0.2) is 19.1 Å². The summed E-state index contributed by atoms with van der Waals surface area (Å²) < 4.78 is 10.7. The Morgan fingerprint density at radius 2 is 1.69 bits per heavy atom. The first-order valence-electron chi connectivity index (χ1n) is 5.09. The molecular weight excluding hydrogens is 208 g/mol. The molecular formula is C11H16N2O3. The average Bonchev–Trinajstić information content (AvgIpc) is 2.22. The van der Waals surface area contributed by atoms with Crippen molar-refractivity contribution >= 4 is 11.6 Å². The van der Waals surface area contributed by atoms with Crippen molar-refractivity contribution in [2.75, 3.05) is 18.9 Å². The first-order chi connectivity index (χ1) is 7.60. The second-order valence-corrected chi connectivity index (χ2v) is 3.12. The van der Waals surface area contributed by atoms with Crippen molar-refractivity contribution in [3.63, 3.8) is 0 Å². The Morgan fingerprint density at radius 3 is 2.12 bits per heavy atom. The maximum absolute atomic E-state index is 11.1. The molecule has 5 heteroatoms. The Kier molecular flexibility index (Phi) is 3.99. The van der Waals surface area contributed by atoms with E-state index in [9.17, 15) is 4.79 Å². The molecule has 0 aliphatic heterocycles. The highest BCUT2D eigenvalue weighted by molar-refractivity contribution is 5.98. The van der Waals surface area contributed by atoms with Gasteiger partial charge in [0, 0.05) is 11.8 Å². The third-order valence-corrected chi connectivity index (χ3v) is 1.98. The highest BCUT2D eigenvalue weighted by Gasteiger charge is 2.13. The number of anilines is 1. The lowest BCUT2D eigenvalue weighted by Crippen LogP contribution is -2.14. The zero-order valence-corrected chi connectivity index (χ0v) is 9.45. The summed E-state index contributed by atoms with van der Waals surface area (Å²) >= 11 is 0. The minimum absolute atomic E-state index is 0.243. The van der Waals surface area contributed by atoms with E-state index in [2.05, 4.69) is 0 Å². The zero-order chi connectivity index (χ0) is 12.1. The van der Waals surface area contributed by atoms with Crippen LogP contribution in [0, 0.1) is 0 Å². The maximum atomic E-state index is 11.1. The van der Waals surface area contributed by atoms with E-state index in [1.54, 1.807) is 6.07 Å². The van der Waals surface area contributed by atoms with Gasteiger partial charge in [0.1, 0.15) is 0 Å². The first kappa shape index (κ1) is 12.2. The standard InChI is InChI=1S/C11H16N2O3/c1-3-15-9-5-7(11(13)14)8(12)6-10(9)16-4-2/h5-6H,3-4,12H2,1-2H3,(H2,13,14). The number of nitrogen functional groups attached to an aromatic ring is 1. The number of rotatable bonds is 5. The molecule has 0 spiro atoms. The molecule has 0 fully saturated rings. The van der Waals surface area contributed by atoms with Crippen LogP contribution in [0.3, 0.4) is 0 Å². The van der Waals surface area contributed by atoms with Crippen molar-refractivity contribution in [1.82, 2.24) is 0 Å². The van der Waals surface area contributed by atoms with Gasteiger partial charge in [0.2, 0.25) is 0 Å². The van der Waals surface area contributed by atoms with E-state index in [-0.39, 0.29) is 5.56 Å². The van der Waals surface area contributed by atoms with Crippen molar-refractivity contribution in [1.29, 1.82) is 0 Å². The van der Waals surface area contributed by atoms with Crippen molar-refractivity contribution in [2.24, 2.45) is 5.73 Å².